The monoisotopic (exact) mass is 759 g/mol. The van der Waals surface area contributed by atoms with Crippen LogP contribution in [-0.4, -0.2) is 67.3 Å². The van der Waals surface area contributed by atoms with Gasteiger partial charge in [0.25, 0.3) is 0 Å². The Morgan fingerprint density at radius 2 is 1.14 bits per heavy atom. The van der Waals surface area contributed by atoms with Gasteiger partial charge in [-0.15, -0.1) is 0 Å². The zero-order valence-corrected chi connectivity index (χ0v) is 33.5. The fraction of sp³-hybridized carbons (Fsp3) is 0.241. The number of ether oxygens (including phenoxy) is 1. The summed E-state index contributed by atoms with van der Waals surface area (Å²) in [5.74, 6) is 0. The summed E-state index contributed by atoms with van der Waals surface area (Å²) in [6.45, 7) is 8.61. The predicted octanol–water partition coefficient (Wildman–Crippen LogP) is 12.1. The van der Waals surface area contributed by atoms with Crippen LogP contribution >= 0.6 is 0 Å². The third-order valence-corrected chi connectivity index (χ3v) is 12.1. The zero-order valence-electron chi connectivity index (χ0n) is 33.5. The number of likely N-dealkylation sites (tertiary alicyclic amines) is 1. The van der Waals surface area contributed by atoms with Crippen molar-refractivity contribution < 1.29 is 4.74 Å². The van der Waals surface area contributed by atoms with Crippen molar-refractivity contribution >= 4 is 45.2 Å². The average Bonchev–Trinajstić information content (AvgIpc) is 3.83. The van der Waals surface area contributed by atoms with E-state index < -0.39 is 0 Å². The molecule has 0 N–H and O–H groups in total. The van der Waals surface area contributed by atoms with Crippen molar-refractivity contribution in [3.63, 3.8) is 0 Å². The molecule has 2 aliphatic carbocycles. The number of allylic oxidation sites excluding steroid dienone is 4. The minimum atomic E-state index is 0.858. The molecule has 0 atom stereocenters. The van der Waals surface area contributed by atoms with Gasteiger partial charge in [0.15, 0.2) is 0 Å². The van der Waals surface area contributed by atoms with Gasteiger partial charge in [-0.2, -0.15) is 0 Å². The van der Waals surface area contributed by atoms with E-state index >= 15 is 0 Å². The first-order chi connectivity index (χ1) is 28.7. The van der Waals surface area contributed by atoms with Gasteiger partial charge in [-0.25, -0.2) is 0 Å². The number of piperidine rings is 1. The van der Waals surface area contributed by atoms with Crippen LogP contribution in [0.2, 0.25) is 0 Å². The smallest absolute Gasteiger partial charge is 0.0594 e. The second kappa shape index (κ2) is 18.3. The molecule has 0 bridgehead atoms. The van der Waals surface area contributed by atoms with E-state index in [0.29, 0.717) is 0 Å². The van der Waals surface area contributed by atoms with E-state index in [0.717, 1.165) is 45.7 Å². The van der Waals surface area contributed by atoms with Gasteiger partial charge in [0.05, 0.1) is 13.2 Å². The van der Waals surface area contributed by atoms with Crippen molar-refractivity contribution in [2.24, 2.45) is 0 Å². The maximum atomic E-state index is 5.48. The molecule has 1 aromatic heterocycles. The number of pyridine rings is 1. The van der Waals surface area contributed by atoms with Gasteiger partial charge in [0.2, 0.25) is 0 Å². The zero-order chi connectivity index (χ0) is 38.9. The summed E-state index contributed by atoms with van der Waals surface area (Å²) in [6, 6.07) is 45.7. The van der Waals surface area contributed by atoms with Gasteiger partial charge in [-0.05, 0) is 135 Å². The SMILES string of the molecule is C1=C(CCN2CCCCC2)c2ccccc2/C1=C/c1cccc(-c2ccccc2)c1.C1=C(CCN2CCOCC2)c2ccccc2/C1=C/c1cccc2cnccc12. The van der Waals surface area contributed by atoms with E-state index in [4.69, 9.17) is 4.74 Å². The quantitative estimate of drug-likeness (QED) is 0.147. The van der Waals surface area contributed by atoms with Gasteiger partial charge in [-0.1, -0.05) is 134 Å². The first-order valence-electron chi connectivity index (χ1n) is 21.3. The van der Waals surface area contributed by atoms with Gasteiger partial charge >= 0.3 is 0 Å². The number of benzene rings is 5. The number of fused-ring (bicyclic) bond motifs is 3. The molecule has 0 unspecified atom stereocenters. The maximum Gasteiger partial charge on any atom is 0.0594 e. The van der Waals surface area contributed by atoms with Crippen LogP contribution in [0.4, 0.5) is 0 Å². The van der Waals surface area contributed by atoms with E-state index in [9.17, 15) is 0 Å². The molecule has 0 amide bonds. The lowest BCUT2D eigenvalue weighted by Gasteiger charge is -2.26. The van der Waals surface area contributed by atoms with E-state index in [1.54, 1.807) is 0 Å². The first-order valence-corrected chi connectivity index (χ1v) is 21.3. The second-order valence-electron chi connectivity index (χ2n) is 15.9. The topological polar surface area (TPSA) is 28.6 Å². The molecule has 0 saturated carbocycles. The molecule has 58 heavy (non-hydrogen) atoms. The number of hydrogen-bond donors (Lipinski definition) is 0. The Kier molecular flexibility index (Phi) is 12.0. The Morgan fingerprint density at radius 3 is 1.84 bits per heavy atom. The van der Waals surface area contributed by atoms with Crippen molar-refractivity contribution in [3.05, 3.63) is 185 Å². The maximum absolute atomic E-state index is 5.48. The Balaban J connectivity index is 0.000000151. The Labute approximate surface area is 344 Å². The molecule has 10 rings (SSSR count). The van der Waals surface area contributed by atoms with Gasteiger partial charge in [-0.3, -0.25) is 9.88 Å². The normalized spacial score (nSPS) is 18.1. The Bertz CT molecular complexity index is 2470. The third kappa shape index (κ3) is 8.90. The second-order valence-corrected chi connectivity index (χ2v) is 15.9. The fourth-order valence-electron chi connectivity index (χ4n) is 8.99. The Hall–Kier alpha value is -5.65. The van der Waals surface area contributed by atoms with Gasteiger partial charge in [0.1, 0.15) is 0 Å². The van der Waals surface area contributed by atoms with Crippen molar-refractivity contribution in [1.29, 1.82) is 0 Å². The number of aromatic nitrogens is 1. The van der Waals surface area contributed by atoms with E-state index in [1.807, 2.05) is 12.4 Å². The highest BCUT2D eigenvalue weighted by molar-refractivity contribution is 6.05. The van der Waals surface area contributed by atoms with Gasteiger partial charge in [0, 0.05) is 44.0 Å². The van der Waals surface area contributed by atoms with Crippen LogP contribution in [-0.2, 0) is 4.74 Å². The highest BCUT2D eigenvalue weighted by Gasteiger charge is 2.21. The summed E-state index contributed by atoms with van der Waals surface area (Å²) in [5, 5.41) is 2.43. The summed E-state index contributed by atoms with van der Waals surface area (Å²) in [5.41, 5.74) is 16.1. The van der Waals surface area contributed by atoms with Crippen molar-refractivity contribution in [2.75, 3.05) is 52.5 Å². The fourth-order valence-corrected chi connectivity index (χ4v) is 8.99. The molecular formula is C54H53N3O. The largest absolute Gasteiger partial charge is 0.379 e. The summed E-state index contributed by atoms with van der Waals surface area (Å²) < 4.78 is 5.48. The first kappa shape index (κ1) is 37.9. The molecule has 4 aliphatic rings. The number of nitrogens with zero attached hydrogens (tertiary/aromatic N) is 3. The molecule has 4 heteroatoms. The molecule has 2 aliphatic heterocycles. The summed E-state index contributed by atoms with van der Waals surface area (Å²) >= 11 is 0. The third-order valence-electron chi connectivity index (χ3n) is 12.1. The van der Waals surface area contributed by atoms with Crippen molar-refractivity contribution in [2.45, 2.75) is 32.1 Å². The van der Waals surface area contributed by atoms with Crippen LogP contribution in [0.25, 0.3) is 56.3 Å². The molecule has 0 spiro atoms. The van der Waals surface area contributed by atoms with Crippen molar-refractivity contribution in [3.8, 4) is 11.1 Å². The number of morpholine rings is 1. The minimum Gasteiger partial charge on any atom is -0.379 e. The summed E-state index contributed by atoms with van der Waals surface area (Å²) in [6.07, 6.45) is 19.6. The highest BCUT2D eigenvalue weighted by atomic mass is 16.5. The van der Waals surface area contributed by atoms with Crippen molar-refractivity contribution in [1.82, 2.24) is 14.8 Å². The molecule has 0 radical (unpaired) electrons. The molecule has 290 valence electrons. The molecular weight excluding hydrogens is 707 g/mol. The molecule has 2 fully saturated rings. The predicted molar refractivity (Wildman–Crippen MR) is 245 cm³/mol. The lowest BCUT2D eigenvalue weighted by molar-refractivity contribution is 0.0390. The highest BCUT2D eigenvalue weighted by Crippen LogP contribution is 2.40. The van der Waals surface area contributed by atoms with Crippen LogP contribution in [0, 0.1) is 0 Å². The summed E-state index contributed by atoms with van der Waals surface area (Å²) in [7, 11) is 0. The van der Waals surface area contributed by atoms with Gasteiger partial charge < -0.3 is 9.64 Å². The standard InChI is InChI=1S/C29H29N.C25H24N2O/c1-3-11-24(12-4-1)25-13-9-10-23(20-25)21-27-22-26(28-14-5-6-15-29(27)28)16-19-30-17-7-2-8-18-30;1-2-7-25-22(16-19-4-3-5-21-18-26-10-8-23(19)21)17-20(24(25)6-1)9-11-27-12-14-28-15-13-27/h1,3-6,9-15,20-22H,2,7-8,16-19H2;1-8,10,16-18H,9,11-15H2/b27-21+;22-16+. The lowest BCUT2D eigenvalue weighted by Crippen LogP contribution is -2.36. The molecule has 6 aromatic rings. The van der Waals surface area contributed by atoms with Crippen LogP contribution in [0.5, 0.6) is 0 Å². The van der Waals surface area contributed by atoms with Crippen LogP contribution in [0.3, 0.4) is 0 Å². The molecule has 4 nitrogen and oxygen atoms in total. The van der Waals surface area contributed by atoms with Crippen LogP contribution < -0.4 is 0 Å². The van der Waals surface area contributed by atoms with E-state index in [-0.39, 0.29) is 0 Å². The summed E-state index contributed by atoms with van der Waals surface area (Å²) in [4.78, 5) is 9.40. The minimum absolute atomic E-state index is 0.858. The van der Waals surface area contributed by atoms with E-state index in [2.05, 4.69) is 166 Å². The molecule has 3 heterocycles. The average molecular weight is 760 g/mol. The van der Waals surface area contributed by atoms with Crippen LogP contribution in [0.15, 0.2) is 152 Å². The van der Waals surface area contributed by atoms with E-state index in [1.165, 1.54) is 116 Å². The lowest BCUT2D eigenvalue weighted by atomic mass is 9.99. The van der Waals surface area contributed by atoms with Crippen LogP contribution in [0.1, 0.15) is 65.5 Å². The molecule has 5 aromatic carbocycles. The number of hydrogen-bond acceptors (Lipinski definition) is 4. The Morgan fingerprint density at radius 1 is 0.534 bits per heavy atom. The number of rotatable bonds is 9. The molecule has 2 saturated heterocycles.